The Hall–Kier alpha value is -3.46. The molecule has 3 heterocycles. The number of hydrogen-bond acceptors (Lipinski definition) is 5. The Balaban J connectivity index is 1.54. The SMILES string of the molecule is O=C(CSc1nnc(-c2ccccn2)n1-n1cccc1)Nc1ccc(F)cc1. The van der Waals surface area contributed by atoms with Gasteiger partial charge in [-0.25, -0.2) is 9.07 Å². The zero-order valence-electron chi connectivity index (χ0n) is 14.6. The summed E-state index contributed by atoms with van der Waals surface area (Å²) in [7, 11) is 0. The van der Waals surface area contributed by atoms with Gasteiger partial charge in [0.1, 0.15) is 11.5 Å². The summed E-state index contributed by atoms with van der Waals surface area (Å²) in [6, 6.07) is 14.9. The van der Waals surface area contributed by atoms with Crippen molar-refractivity contribution in [2.24, 2.45) is 0 Å². The highest BCUT2D eigenvalue weighted by Gasteiger charge is 2.17. The van der Waals surface area contributed by atoms with Gasteiger partial charge in [0.05, 0.1) is 5.75 Å². The number of thioether (sulfide) groups is 1. The van der Waals surface area contributed by atoms with Gasteiger partial charge in [0.15, 0.2) is 0 Å². The summed E-state index contributed by atoms with van der Waals surface area (Å²) in [5.41, 5.74) is 1.21. The van der Waals surface area contributed by atoms with Crippen LogP contribution in [-0.2, 0) is 4.79 Å². The third-order valence-electron chi connectivity index (χ3n) is 3.79. The number of amides is 1. The van der Waals surface area contributed by atoms with E-state index < -0.39 is 0 Å². The molecule has 0 bridgehead atoms. The van der Waals surface area contributed by atoms with E-state index in [1.165, 1.54) is 36.0 Å². The second-order valence-corrected chi connectivity index (χ2v) is 6.68. The second kappa shape index (κ2) is 8.05. The number of pyridine rings is 1. The van der Waals surface area contributed by atoms with E-state index in [0.717, 1.165) is 0 Å². The quantitative estimate of drug-likeness (QED) is 0.508. The van der Waals surface area contributed by atoms with Crippen molar-refractivity contribution in [3.8, 4) is 11.5 Å². The summed E-state index contributed by atoms with van der Waals surface area (Å²) in [5, 5.41) is 11.8. The van der Waals surface area contributed by atoms with Crippen molar-refractivity contribution >= 4 is 23.4 Å². The van der Waals surface area contributed by atoms with Crippen molar-refractivity contribution in [3.63, 3.8) is 0 Å². The molecule has 0 spiro atoms. The highest BCUT2D eigenvalue weighted by molar-refractivity contribution is 7.99. The first kappa shape index (κ1) is 17.9. The molecule has 140 valence electrons. The third kappa shape index (κ3) is 3.94. The van der Waals surface area contributed by atoms with E-state index in [9.17, 15) is 9.18 Å². The number of rotatable bonds is 6. The minimum Gasteiger partial charge on any atom is -0.325 e. The first-order valence-electron chi connectivity index (χ1n) is 8.39. The molecule has 0 aliphatic heterocycles. The van der Waals surface area contributed by atoms with E-state index >= 15 is 0 Å². The van der Waals surface area contributed by atoms with Crippen LogP contribution < -0.4 is 5.32 Å². The van der Waals surface area contributed by atoms with Gasteiger partial charge in [-0.2, -0.15) is 0 Å². The molecule has 0 radical (unpaired) electrons. The summed E-state index contributed by atoms with van der Waals surface area (Å²) < 4.78 is 16.6. The predicted molar refractivity (Wildman–Crippen MR) is 104 cm³/mol. The predicted octanol–water partition coefficient (Wildman–Crippen LogP) is 3.32. The van der Waals surface area contributed by atoms with Crippen LogP contribution in [0.25, 0.3) is 11.5 Å². The zero-order chi connectivity index (χ0) is 19.3. The fourth-order valence-electron chi connectivity index (χ4n) is 2.54. The van der Waals surface area contributed by atoms with E-state index in [1.807, 2.05) is 47.4 Å². The fourth-order valence-corrected chi connectivity index (χ4v) is 3.27. The number of carbonyl (C=O) groups excluding carboxylic acids is 1. The molecule has 7 nitrogen and oxygen atoms in total. The fraction of sp³-hybridized carbons (Fsp3) is 0.0526. The van der Waals surface area contributed by atoms with Crippen LogP contribution in [0.5, 0.6) is 0 Å². The van der Waals surface area contributed by atoms with Crippen LogP contribution >= 0.6 is 11.8 Å². The van der Waals surface area contributed by atoms with Crippen molar-refractivity contribution < 1.29 is 9.18 Å². The van der Waals surface area contributed by atoms with Gasteiger partial charge in [-0.05, 0) is 48.5 Å². The first-order valence-corrected chi connectivity index (χ1v) is 9.38. The molecule has 0 fully saturated rings. The van der Waals surface area contributed by atoms with Crippen LogP contribution in [0.15, 0.2) is 78.3 Å². The normalized spacial score (nSPS) is 10.8. The smallest absolute Gasteiger partial charge is 0.234 e. The lowest BCUT2D eigenvalue weighted by Crippen LogP contribution is -2.16. The maximum atomic E-state index is 13.0. The number of benzene rings is 1. The van der Waals surface area contributed by atoms with Gasteiger partial charge in [-0.3, -0.25) is 14.5 Å². The number of nitrogens with zero attached hydrogens (tertiary/aromatic N) is 5. The molecule has 4 rings (SSSR count). The van der Waals surface area contributed by atoms with Crippen LogP contribution in [-0.4, -0.2) is 36.2 Å². The van der Waals surface area contributed by atoms with E-state index in [-0.39, 0.29) is 17.5 Å². The first-order chi connectivity index (χ1) is 13.7. The van der Waals surface area contributed by atoms with Crippen LogP contribution in [0.1, 0.15) is 0 Å². The molecule has 4 aromatic rings. The van der Waals surface area contributed by atoms with Gasteiger partial charge in [-0.1, -0.05) is 17.8 Å². The summed E-state index contributed by atoms with van der Waals surface area (Å²) in [4.78, 5) is 16.6. The van der Waals surface area contributed by atoms with Crippen LogP contribution in [0.3, 0.4) is 0 Å². The number of hydrogen-bond donors (Lipinski definition) is 1. The molecule has 0 unspecified atom stereocenters. The van der Waals surface area contributed by atoms with Crippen molar-refractivity contribution in [3.05, 3.63) is 79.0 Å². The topological polar surface area (TPSA) is 77.6 Å². The summed E-state index contributed by atoms with van der Waals surface area (Å²) in [6.45, 7) is 0. The second-order valence-electron chi connectivity index (χ2n) is 5.74. The van der Waals surface area contributed by atoms with Gasteiger partial charge < -0.3 is 5.32 Å². The van der Waals surface area contributed by atoms with E-state index in [0.29, 0.717) is 22.4 Å². The number of aromatic nitrogens is 5. The molecule has 0 saturated carbocycles. The van der Waals surface area contributed by atoms with E-state index in [2.05, 4.69) is 20.5 Å². The molecule has 1 N–H and O–H groups in total. The summed E-state index contributed by atoms with van der Waals surface area (Å²) in [5.74, 6) is 0.115. The number of anilines is 1. The Morgan fingerprint density at radius 1 is 1.04 bits per heavy atom. The molecule has 1 amide bonds. The third-order valence-corrected chi connectivity index (χ3v) is 4.71. The lowest BCUT2D eigenvalue weighted by atomic mass is 10.3. The molecule has 0 atom stereocenters. The Morgan fingerprint density at radius 3 is 2.54 bits per heavy atom. The molecule has 0 saturated heterocycles. The molecule has 9 heteroatoms. The standard InChI is InChI=1S/C19H15FN6OS/c20-14-6-8-15(9-7-14)22-17(27)13-28-19-24-23-18(16-5-1-2-10-21-16)26(19)25-11-3-4-12-25/h1-12H,13H2,(H,22,27). The van der Waals surface area contributed by atoms with Gasteiger partial charge in [0, 0.05) is 24.3 Å². The highest BCUT2D eigenvalue weighted by atomic mass is 32.2. The largest absolute Gasteiger partial charge is 0.325 e. The molecule has 0 aliphatic carbocycles. The van der Waals surface area contributed by atoms with Crippen molar-refractivity contribution in [1.82, 2.24) is 24.5 Å². The van der Waals surface area contributed by atoms with Crippen LogP contribution in [0.4, 0.5) is 10.1 Å². The lowest BCUT2D eigenvalue weighted by Gasteiger charge is -2.11. The van der Waals surface area contributed by atoms with Gasteiger partial charge in [0.25, 0.3) is 0 Å². The van der Waals surface area contributed by atoms with Gasteiger partial charge in [-0.15, -0.1) is 10.2 Å². The Labute approximate surface area is 164 Å². The maximum absolute atomic E-state index is 13.0. The monoisotopic (exact) mass is 394 g/mol. The van der Waals surface area contributed by atoms with Crippen molar-refractivity contribution in [2.75, 3.05) is 11.1 Å². The van der Waals surface area contributed by atoms with E-state index in [1.54, 1.807) is 10.9 Å². The average Bonchev–Trinajstić information content (AvgIpc) is 3.38. The minimum absolute atomic E-state index is 0.124. The highest BCUT2D eigenvalue weighted by Crippen LogP contribution is 2.23. The Morgan fingerprint density at radius 2 is 1.82 bits per heavy atom. The maximum Gasteiger partial charge on any atom is 0.234 e. The Kier molecular flexibility index (Phi) is 5.16. The average molecular weight is 394 g/mol. The molecular weight excluding hydrogens is 379 g/mol. The van der Waals surface area contributed by atoms with Gasteiger partial charge in [0.2, 0.25) is 16.9 Å². The molecular formula is C19H15FN6OS. The van der Waals surface area contributed by atoms with Crippen LogP contribution in [0, 0.1) is 5.82 Å². The minimum atomic E-state index is -0.353. The molecule has 28 heavy (non-hydrogen) atoms. The number of carbonyl (C=O) groups is 1. The van der Waals surface area contributed by atoms with Crippen molar-refractivity contribution in [1.29, 1.82) is 0 Å². The lowest BCUT2D eigenvalue weighted by molar-refractivity contribution is -0.113. The van der Waals surface area contributed by atoms with Crippen molar-refractivity contribution in [2.45, 2.75) is 5.16 Å². The molecule has 1 aromatic carbocycles. The molecule has 3 aromatic heterocycles. The summed E-state index contributed by atoms with van der Waals surface area (Å²) in [6.07, 6.45) is 5.41. The summed E-state index contributed by atoms with van der Waals surface area (Å²) >= 11 is 1.25. The van der Waals surface area contributed by atoms with Gasteiger partial charge >= 0.3 is 0 Å². The Bertz CT molecular complexity index is 1060. The zero-order valence-corrected chi connectivity index (χ0v) is 15.4. The molecule has 0 aliphatic rings. The van der Waals surface area contributed by atoms with E-state index in [4.69, 9.17) is 0 Å². The number of halogens is 1. The van der Waals surface area contributed by atoms with Crippen LogP contribution in [0.2, 0.25) is 0 Å². The number of nitrogens with one attached hydrogen (secondary N) is 1.